The van der Waals surface area contributed by atoms with E-state index >= 15 is 0 Å². The van der Waals surface area contributed by atoms with Gasteiger partial charge in [0.1, 0.15) is 0 Å². The molecule has 1 fully saturated rings. The SMILES string of the molecule is CC1(C)CCSC(=NCCCC(N)=O)N1. The van der Waals surface area contributed by atoms with Gasteiger partial charge in [-0.3, -0.25) is 9.79 Å². The maximum atomic E-state index is 10.5. The average molecular weight is 229 g/mol. The summed E-state index contributed by atoms with van der Waals surface area (Å²) in [6.07, 6.45) is 2.31. The largest absolute Gasteiger partial charge is 0.370 e. The minimum Gasteiger partial charge on any atom is -0.370 e. The number of nitrogens with two attached hydrogens (primary N) is 1. The monoisotopic (exact) mass is 229 g/mol. The second-order valence-electron chi connectivity index (χ2n) is 4.36. The number of thioether (sulfide) groups is 1. The first-order valence-electron chi connectivity index (χ1n) is 5.23. The molecule has 1 amide bonds. The number of carbonyl (C=O) groups is 1. The minimum absolute atomic E-state index is 0.147. The minimum atomic E-state index is -0.250. The molecule has 1 saturated heterocycles. The van der Waals surface area contributed by atoms with Crippen molar-refractivity contribution in [2.75, 3.05) is 12.3 Å². The third-order valence-corrected chi connectivity index (χ3v) is 3.16. The zero-order valence-electron chi connectivity index (χ0n) is 9.38. The van der Waals surface area contributed by atoms with Crippen LogP contribution in [0.5, 0.6) is 0 Å². The van der Waals surface area contributed by atoms with Crippen LogP contribution in [-0.2, 0) is 4.79 Å². The van der Waals surface area contributed by atoms with Gasteiger partial charge in [0.05, 0.1) is 0 Å². The van der Waals surface area contributed by atoms with Crippen molar-refractivity contribution in [3.8, 4) is 0 Å². The van der Waals surface area contributed by atoms with Crippen LogP contribution in [0.3, 0.4) is 0 Å². The highest BCUT2D eigenvalue weighted by Crippen LogP contribution is 2.21. The number of carbonyl (C=O) groups excluding carboxylic acids is 1. The summed E-state index contributed by atoms with van der Waals surface area (Å²) in [4.78, 5) is 14.9. The molecule has 1 heterocycles. The summed E-state index contributed by atoms with van der Waals surface area (Å²) < 4.78 is 0. The smallest absolute Gasteiger partial charge is 0.217 e. The van der Waals surface area contributed by atoms with Gasteiger partial charge in [0, 0.05) is 24.3 Å². The quantitative estimate of drug-likeness (QED) is 0.710. The van der Waals surface area contributed by atoms with Gasteiger partial charge in [-0.25, -0.2) is 0 Å². The molecule has 3 N–H and O–H groups in total. The molecule has 0 aliphatic carbocycles. The number of nitrogens with zero attached hydrogens (tertiary/aromatic N) is 1. The summed E-state index contributed by atoms with van der Waals surface area (Å²) in [6, 6.07) is 0. The van der Waals surface area contributed by atoms with E-state index in [9.17, 15) is 4.79 Å². The van der Waals surface area contributed by atoms with Crippen LogP contribution in [0.1, 0.15) is 33.1 Å². The molecule has 15 heavy (non-hydrogen) atoms. The number of amidine groups is 1. The Morgan fingerprint density at radius 2 is 2.40 bits per heavy atom. The summed E-state index contributed by atoms with van der Waals surface area (Å²) in [5, 5.41) is 4.37. The van der Waals surface area contributed by atoms with Crippen molar-refractivity contribution < 1.29 is 4.79 Å². The van der Waals surface area contributed by atoms with E-state index in [0.29, 0.717) is 13.0 Å². The predicted molar refractivity (Wildman–Crippen MR) is 65.0 cm³/mol. The van der Waals surface area contributed by atoms with E-state index in [1.807, 2.05) is 0 Å². The van der Waals surface area contributed by atoms with Gasteiger partial charge < -0.3 is 11.1 Å². The molecule has 4 nitrogen and oxygen atoms in total. The van der Waals surface area contributed by atoms with Crippen LogP contribution in [0.25, 0.3) is 0 Å². The van der Waals surface area contributed by atoms with E-state index in [-0.39, 0.29) is 11.4 Å². The molecule has 1 rings (SSSR count). The van der Waals surface area contributed by atoms with Gasteiger partial charge in [-0.1, -0.05) is 11.8 Å². The molecule has 0 bridgehead atoms. The molecule has 0 saturated carbocycles. The number of aliphatic imine (C=N–C) groups is 1. The fraction of sp³-hybridized carbons (Fsp3) is 0.800. The van der Waals surface area contributed by atoms with Crippen LogP contribution in [0.15, 0.2) is 4.99 Å². The Labute approximate surface area is 95.1 Å². The lowest BCUT2D eigenvalue weighted by molar-refractivity contribution is -0.118. The molecular weight excluding hydrogens is 210 g/mol. The zero-order chi connectivity index (χ0) is 11.3. The fourth-order valence-electron chi connectivity index (χ4n) is 1.31. The van der Waals surface area contributed by atoms with Crippen molar-refractivity contribution in [1.82, 2.24) is 5.32 Å². The highest BCUT2D eigenvalue weighted by Gasteiger charge is 2.23. The first kappa shape index (κ1) is 12.4. The van der Waals surface area contributed by atoms with Crippen molar-refractivity contribution in [2.45, 2.75) is 38.6 Å². The van der Waals surface area contributed by atoms with E-state index < -0.39 is 0 Å². The first-order chi connectivity index (χ1) is 6.99. The van der Waals surface area contributed by atoms with Crippen LogP contribution in [0.2, 0.25) is 0 Å². The van der Waals surface area contributed by atoms with Gasteiger partial charge in [0.25, 0.3) is 0 Å². The molecule has 1 aliphatic heterocycles. The summed E-state index contributed by atoms with van der Waals surface area (Å²) in [5.41, 5.74) is 5.19. The lowest BCUT2D eigenvalue weighted by Crippen LogP contribution is -2.46. The second kappa shape index (κ2) is 5.39. The maximum absolute atomic E-state index is 10.5. The zero-order valence-corrected chi connectivity index (χ0v) is 10.2. The van der Waals surface area contributed by atoms with Crippen molar-refractivity contribution >= 4 is 22.8 Å². The molecule has 1 aliphatic rings. The third-order valence-electron chi connectivity index (χ3n) is 2.25. The van der Waals surface area contributed by atoms with E-state index in [0.717, 1.165) is 23.8 Å². The number of amides is 1. The highest BCUT2D eigenvalue weighted by molar-refractivity contribution is 8.13. The Morgan fingerprint density at radius 3 is 3.00 bits per heavy atom. The van der Waals surface area contributed by atoms with E-state index in [1.165, 1.54) is 0 Å². The van der Waals surface area contributed by atoms with Crippen LogP contribution in [0.4, 0.5) is 0 Å². The number of rotatable bonds is 4. The molecular formula is C10H19N3OS. The molecule has 0 aromatic heterocycles. The van der Waals surface area contributed by atoms with Crippen molar-refractivity contribution in [2.24, 2.45) is 10.7 Å². The summed E-state index contributed by atoms with van der Waals surface area (Å²) >= 11 is 1.75. The Kier molecular flexibility index (Phi) is 4.45. The molecule has 0 radical (unpaired) electrons. The van der Waals surface area contributed by atoms with Gasteiger partial charge >= 0.3 is 0 Å². The van der Waals surface area contributed by atoms with Gasteiger partial charge in [-0.05, 0) is 26.7 Å². The standard InChI is InChI=1S/C10H19N3OS/c1-10(2)5-7-15-9(13-10)12-6-3-4-8(11)14/h3-7H2,1-2H3,(H2,11,14)(H,12,13). The maximum Gasteiger partial charge on any atom is 0.217 e. The average Bonchev–Trinajstić information content (AvgIpc) is 2.10. The van der Waals surface area contributed by atoms with Crippen LogP contribution >= 0.6 is 11.8 Å². The summed E-state index contributed by atoms with van der Waals surface area (Å²) in [7, 11) is 0. The van der Waals surface area contributed by atoms with Crippen LogP contribution in [0, 0.1) is 0 Å². The Hall–Kier alpha value is -0.710. The number of primary amides is 1. The first-order valence-corrected chi connectivity index (χ1v) is 6.22. The lowest BCUT2D eigenvalue weighted by Gasteiger charge is -2.32. The summed E-state index contributed by atoms with van der Waals surface area (Å²) in [5.74, 6) is 0.856. The number of hydrogen-bond donors (Lipinski definition) is 2. The van der Waals surface area contributed by atoms with Gasteiger partial charge in [-0.2, -0.15) is 0 Å². The van der Waals surface area contributed by atoms with E-state index in [4.69, 9.17) is 5.73 Å². The fourth-order valence-corrected chi connectivity index (χ4v) is 2.65. The van der Waals surface area contributed by atoms with Crippen LogP contribution < -0.4 is 11.1 Å². The molecule has 86 valence electrons. The Balaban J connectivity index is 2.30. The highest BCUT2D eigenvalue weighted by atomic mass is 32.2. The van der Waals surface area contributed by atoms with Crippen LogP contribution in [-0.4, -0.2) is 28.9 Å². The van der Waals surface area contributed by atoms with E-state index in [2.05, 4.69) is 24.2 Å². The molecule has 0 unspecified atom stereocenters. The Morgan fingerprint density at radius 1 is 1.67 bits per heavy atom. The topological polar surface area (TPSA) is 67.5 Å². The van der Waals surface area contributed by atoms with Gasteiger partial charge in [-0.15, -0.1) is 0 Å². The molecule has 0 aromatic rings. The van der Waals surface area contributed by atoms with Crippen molar-refractivity contribution in [3.05, 3.63) is 0 Å². The third kappa shape index (κ3) is 5.06. The molecule has 0 spiro atoms. The Bertz CT molecular complexity index is 263. The van der Waals surface area contributed by atoms with Crippen molar-refractivity contribution in [3.63, 3.8) is 0 Å². The predicted octanol–water partition coefficient (Wildman–Crippen LogP) is 1.11. The number of nitrogens with one attached hydrogen (secondary N) is 1. The van der Waals surface area contributed by atoms with Gasteiger partial charge in [0.2, 0.25) is 5.91 Å². The molecule has 0 aromatic carbocycles. The summed E-state index contributed by atoms with van der Waals surface area (Å²) in [6.45, 7) is 5.02. The lowest BCUT2D eigenvalue weighted by atomic mass is 10.0. The normalized spacial score (nSPS) is 22.4. The number of hydrogen-bond acceptors (Lipinski definition) is 3. The second-order valence-corrected chi connectivity index (χ2v) is 5.45. The van der Waals surface area contributed by atoms with E-state index in [1.54, 1.807) is 11.8 Å². The molecule has 5 heteroatoms. The van der Waals surface area contributed by atoms with Gasteiger partial charge in [0.15, 0.2) is 5.17 Å². The molecule has 0 atom stereocenters. The van der Waals surface area contributed by atoms with Crippen molar-refractivity contribution in [1.29, 1.82) is 0 Å².